The Hall–Kier alpha value is -1.81. The molecule has 1 saturated heterocycles. The summed E-state index contributed by atoms with van der Waals surface area (Å²) in [7, 11) is 2.08. The van der Waals surface area contributed by atoms with Gasteiger partial charge in [-0.25, -0.2) is 0 Å². The van der Waals surface area contributed by atoms with Gasteiger partial charge in [0.15, 0.2) is 0 Å². The van der Waals surface area contributed by atoms with Gasteiger partial charge >= 0.3 is 0 Å². The van der Waals surface area contributed by atoms with Crippen LogP contribution in [-0.2, 0) is 0 Å². The molecule has 2 aromatic rings. The first-order valence-corrected chi connectivity index (χ1v) is 6.63. The van der Waals surface area contributed by atoms with Gasteiger partial charge in [0.2, 0.25) is 0 Å². The number of benzene rings is 1. The quantitative estimate of drug-likeness (QED) is 0.786. The third-order valence-electron chi connectivity index (χ3n) is 3.78. The Morgan fingerprint density at radius 1 is 1.16 bits per heavy atom. The van der Waals surface area contributed by atoms with Crippen LogP contribution in [0.5, 0.6) is 0 Å². The van der Waals surface area contributed by atoms with E-state index in [-0.39, 0.29) is 5.91 Å². The molecule has 1 fully saturated rings. The van der Waals surface area contributed by atoms with E-state index in [0.29, 0.717) is 5.76 Å². The first-order valence-electron chi connectivity index (χ1n) is 6.63. The highest BCUT2D eigenvalue weighted by atomic mass is 16.3. The Bertz CT molecular complexity index is 610. The highest BCUT2D eigenvalue weighted by Gasteiger charge is 2.25. The minimum absolute atomic E-state index is 0.0931. The molecule has 3 rings (SSSR count). The van der Waals surface area contributed by atoms with Crippen LogP contribution in [0.4, 0.5) is 0 Å². The lowest BCUT2D eigenvalue weighted by Crippen LogP contribution is -2.47. The predicted molar refractivity (Wildman–Crippen MR) is 74.4 cm³/mol. The van der Waals surface area contributed by atoms with Gasteiger partial charge in [-0.2, -0.15) is 0 Å². The van der Waals surface area contributed by atoms with E-state index in [2.05, 4.69) is 11.9 Å². The van der Waals surface area contributed by atoms with Crippen LogP contribution in [0.25, 0.3) is 11.0 Å². The summed E-state index contributed by atoms with van der Waals surface area (Å²) in [5, 5.41) is 0.920. The van der Waals surface area contributed by atoms with Crippen LogP contribution in [0.2, 0.25) is 0 Å². The average molecular weight is 258 g/mol. The molecule has 100 valence electrons. The number of hydrogen-bond acceptors (Lipinski definition) is 3. The second-order valence-electron chi connectivity index (χ2n) is 5.12. The van der Waals surface area contributed by atoms with Crippen molar-refractivity contribution in [3.63, 3.8) is 0 Å². The summed E-state index contributed by atoms with van der Waals surface area (Å²) in [6.07, 6.45) is 0. The maximum atomic E-state index is 12.6. The van der Waals surface area contributed by atoms with Crippen molar-refractivity contribution in [1.82, 2.24) is 9.80 Å². The maximum absolute atomic E-state index is 12.6. The minimum atomic E-state index is 0.0931. The Balaban J connectivity index is 1.95. The SMILES string of the molecule is Cc1oc2ccccc2c1C(=O)N1CCN(C)CC1. The van der Waals surface area contributed by atoms with E-state index in [1.165, 1.54) is 0 Å². The number of amides is 1. The molecule has 0 saturated carbocycles. The fourth-order valence-corrected chi connectivity index (χ4v) is 2.60. The van der Waals surface area contributed by atoms with Crippen LogP contribution < -0.4 is 0 Å². The van der Waals surface area contributed by atoms with E-state index in [9.17, 15) is 4.79 Å². The fourth-order valence-electron chi connectivity index (χ4n) is 2.60. The summed E-state index contributed by atoms with van der Waals surface area (Å²) in [4.78, 5) is 16.8. The highest BCUT2D eigenvalue weighted by Crippen LogP contribution is 2.26. The molecule has 19 heavy (non-hydrogen) atoms. The Morgan fingerprint density at radius 2 is 1.84 bits per heavy atom. The molecule has 0 N–H and O–H groups in total. The lowest BCUT2D eigenvalue weighted by atomic mass is 10.1. The third kappa shape index (κ3) is 2.12. The van der Waals surface area contributed by atoms with Gasteiger partial charge in [-0.3, -0.25) is 4.79 Å². The van der Waals surface area contributed by atoms with Crippen molar-refractivity contribution in [3.8, 4) is 0 Å². The van der Waals surface area contributed by atoms with Crippen molar-refractivity contribution in [2.75, 3.05) is 33.2 Å². The Kier molecular flexibility index (Phi) is 3.03. The van der Waals surface area contributed by atoms with Crippen molar-refractivity contribution in [2.45, 2.75) is 6.92 Å². The topological polar surface area (TPSA) is 36.7 Å². The Labute approximate surface area is 112 Å². The second kappa shape index (κ2) is 4.70. The molecular formula is C15H18N2O2. The maximum Gasteiger partial charge on any atom is 0.258 e. The number of nitrogens with zero attached hydrogens (tertiary/aromatic N) is 2. The molecule has 0 atom stereocenters. The summed E-state index contributed by atoms with van der Waals surface area (Å²) in [6.45, 7) is 5.30. The van der Waals surface area contributed by atoms with Gasteiger partial charge in [-0.05, 0) is 20.0 Å². The largest absolute Gasteiger partial charge is 0.461 e. The lowest BCUT2D eigenvalue weighted by Gasteiger charge is -2.32. The van der Waals surface area contributed by atoms with Gasteiger partial charge in [-0.1, -0.05) is 18.2 Å². The molecule has 4 heteroatoms. The van der Waals surface area contributed by atoms with Crippen LogP contribution in [0.15, 0.2) is 28.7 Å². The lowest BCUT2D eigenvalue weighted by molar-refractivity contribution is 0.0664. The number of rotatable bonds is 1. The number of fused-ring (bicyclic) bond motifs is 1. The second-order valence-corrected chi connectivity index (χ2v) is 5.12. The van der Waals surface area contributed by atoms with E-state index < -0.39 is 0 Å². The number of para-hydroxylation sites is 1. The van der Waals surface area contributed by atoms with Crippen molar-refractivity contribution < 1.29 is 9.21 Å². The molecule has 0 radical (unpaired) electrons. The van der Waals surface area contributed by atoms with Crippen LogP contribution in [0.1, 0.15) is 16.1 Å². The number of piperazine rings is 1. The summed E-state index contributed by atoms with van der Waals surface area (Å²) in [5.74, 6) is 0.806. The molecule has 1 aromatic carbocycles. The van der Waals surface area contributed by atoms with E-state index in [1.807, 2.05) is 36.1 Å². The number of likely N-dealkylation sites (N-methyl/N-ethyl adjacent to an activating group) is 1. The van der Waals surface area contributed by atoms with Gasteiger partial charge < -0.3 is 14.2 Å². The molecule has 1 aliphatic rings. The summed E-state index contributed by atoms with van der Waals surface area (Å²) >= 11 is 0. The highest BCUT2D eigenvalue weighted by molar-refractivity contribution is 6.07. The minimum Gasteiger partial charge on any atom is -0.461 e. The molecule has 1 aliphatic heterocycles. The fraction of sp³-hybridized carbons (Fsp3) is 0.400. The number of aryl methyl sites for hydroxylation is 1. The van der Waals surface area contributed by atoms with Crippen LogP contribution >= 0.6 is 0 Å². The normalized spacial score (nSPS) is 17.1. The zero-order valence-corrected chi connectivity index (χ0v) is 11.3. The first kappa shape index (κ1) is 12.2. The zero-order valence-electron chi connectivity index (χ0n) is 11.3. The molecule has 0 spiro atoms. The number of carbonyl (C=O) groups is 1. The van der Waals surface area contributed by atoms with Gasteiger partial charge in [0.25, 0.3) is 5.91 Å². The molecule has 0 aliphatic carbocycles. The molecule has 0 bridgehead atoms. The monoisotopic (exact) mass is 258 g/mol. The van der Waals surface area contributed by atoms with E-state index in [0.717, 1.165) is 42.7 Å². The van der Waals surface area contributed by atoms with Gasteiger partial charge in [0.05, 0.1) is 5.56 Å². The average Bonchev–Trinajstić information content (AvgIpc) is 2.74. The van der Waals surface area contributed by atoms with Crippen molar-refractivity contribution in [2.24, 2.45) is 0 Å². The molecule has 1 aromatic heterocycles. The predicted octanol–water partition coefficient (Wildman–Crippen LogP) is 2.13. The smallest absolute Gasteiger partial charge is 0.258 e. The number of furan rings is 1. The first-order chi connectivity index (χ1) is 9.16. The molecular weight excluding hydrogens is 240 g/mol. The van der Waals surface area contributed by atoms with E-state index >= 15 is 0 Å². The molecule has 2 heterocycles. The molecule has 0 unspecified atom stereocenters. The zero-order chi connectivity index (χ0) is 13.4. The van der Waals surface area contributed by atoms with Crippen LogP contribution in [-0.4, -0.2) is 48.9 Å². The molecule has 4 nitrogen and oxygen atoms in total. The number of carbonyl (C=O) groups excluding carboxylic acids is 1. The van der Waals surface area contributed by atoms with Gasteiger partial charge in [0, 0.05) is 31.6 Å². The number of hydrogen-bond donors (Lipinski definition) is 0. The van der Waals surface area contributed by atoms with E-state index in [4.69, 9.17) is 4.42 Å². The standard InChI is InChI=1S/C15H18N2O2/c1-11-14(12-5-3-4-6-13(12)19-11)15(18)17-9-7-16(2)8-10-17/h3-6H,7-10H2,1-2H3. The van der Waals surface area contributed by atoms with Crippen molar-refractivity contribution >= 4 is 16.9 Å². The summed E-state index contributed by atoms with van der Waals surface area (Å²) < 4.78 is 5.67. The van der Waals surface area contributed by atoms with Crippen LogP contribution in [0, 0.1) is 6.92 Å². The summed E-state index contributed by atoms with van der Waals surface area (Å²) in [5.41, 5.74) is 1.51. The van der Waals surface area contributed by atoms with Gasteiger partial charge in [-0.15, -0.1) is 0 Å². The molecule has 1 amide bonds. The Morgan fingerprint density at radius 3 is 2.58 bits per heavy atom. The van der Waals surface area contributed by atoms with Gasteiger partial charge in [0.1, 0.15) is 11.3 Å². The van der Waals surface area contributed by atoms with Crippen molar-refractivity contribution in [3.05, 3.63) is 35.6 Å². The summed E-state index contributed by atoms with van der Waals surface area (Å²) in [6, 6.07) is 7.73. The van der Waals surface area contributed by atoms with Crippen molar-refractivity contribution in [1.29, 1.82) is 0 Å². The van der Waals surface area contributed by atoms with E-state index in [1.54, 1.807) is 0 Å². The third-order valence-corrected chi connectivity index (χ3v) is 3.78. The van der Waals surface area contributed by atoms with Crippen LogP contribution in [0.3, 0.4) is 0 Å².